The van der Waals surface area contributed by atoms with Gasteiger partial charge in [0.15, 0.2) is 0 Å². The van der Waals surface area contributed by atoms with E-state index >= 15 is 0 Å². The fourth-order valence-electron chi connectivity index (χ4n) is 1.44. The summed E-state index contributed by atoms with van der Waals surface area (Å²) in [5, 5.41) is 5.86. The van der Waals surface area contributed by atoms with E-state index in [4.69, 9.17) is 4.74 Å². The van der Waals surface area contributed by atoms with Gasteiger partial charge < -0.3 is 20.3 Å². The first kappa shape index (κ1) is 16.1. The number of amides is 1. The Morgan fingerprint density at radius 2 is 2.00 bits per heavy atom. The highest BCUT2D eigenvalue weighted by molar-refractivity contribution is 5.67. The standard InChI is InChI=1S/C14H24N4O2/c1-14(2,3)20-13(19)16-9-8-15-11-6-7-12(17-10-11)18(4)5/h6-7,10,15H,8-9H2,1-5H3,(H,16,19). The molecule has 0 saturated carbocycles. The van der Waals surface area contributed by atoms with E-state index in [1.54, 1.807) is 6.20 Å². The number of pyridine rings is 1. The number of anilines is 2. The van der Waals surface area contributed by atoms with Gasteiger partial charge in [0.25, 0.3) is 0 Å². The Bertz CT molecular complexity index is 424. The average Bonchev–Trinajstić information content (AvgIpc) is 2.33. The minimum atomic E-state index is -0.469. The molecular weight excluding hydrogens is 256 g/mol. The van der Waals surface area contributed by atoms with Crippen molar-refractivity contribution in [3.63, 3.8) is 0 Å². The third-order valence-corrected chi connectivity index (χ3v) is 2.33. The fourth-order valence-corrected chi connectivity index (χ4v) is 1.44. The highest BCUT2D eigenvalue weighted by Gasteiger charge is 2.15. The van der Waals surface area contributed by atoms with Crippen LogP contribution in [-0.4, -0.2) is 43.9 Å². The summed E-state index contributed by atoms with van der Waals surface area (Å²) in [6.45, 7) is 6.61. The number of ether oxygens (including phenoxy) is 1. The van der Waals surface area contributed by atoms with Gasteiger partial charge in [-0.05, 0) is 32.9 Å². The third-order valence-electron chi connectivity index (χ3n) is 2.33. The van der Waals surface area contributed by atoms with E-state index < -0.39 is 11.7 Å². The Kier molecular flexibility index (Phi) is 5.61. The Morgan fingerprint density at radius 1 is 1.30 bits per heavy atom. The van der Waals surface area contributed by atoms with Crippen molar-refractivity contribution in [1.82, 2.24) is 10.3 Å². The normalized spacial score (nSPS) is 10.8. The number of carbonyl (C=O) groups is 1. The van der Waals surface area contributed by atoms with Crippen molar-refractivity contribution in [2.75, 3.05) is 37.4 Å². The average molecular weight is 280 g/mol. The Hall–Kier alpha value is -1.98. The van der Waals surface area contributed by atoms with Gasteiger partial charge in [0, 0.05) is 27.2 Å². The van der Waals surface area contributed by atoms with E-state index in [1.165, 1.54) is 0 Å². The maximum absolute atomic E-state index is 11.4. The number of rotatable bonds is 5. The minimum absolute atomic E-state index is 0.402. The van der Waals surface area contributed by atoms with Crippen LogP contribution in [0, 0.1) is 0 Å². The van der Waals surface area contributed by atoms with E-state index in [2.05, 4.69) is 15.6 Å². The van der Waals surface area contributed by atoms with Crippen LogP contribution in [-0.2, 0) is 4.74 Å². The highest BCUT2D eigenvalue weighted by atomic mass is 16.6. The van der Waals surface area contributed by atoms with Crippen LogP contribution in [0.1, 0.15) is 20.8 Å². The van der Waals surface area contributed by atoms with Gasteiger partial charge in [0.1, 0.15) is 11.4 Å². The summed E-state index contributed by atoms with van der Waals surface area (Å²) < 4.78 is 5.14. The molecule has 0 aliphatic heterocycles. The number of hydrogen-bond donors (Lipinski definition) is 2. The number of nitrogens with one attached hydrogen (secondary N) is 2. The molecule has 0 radical (unpaired) electrons. The van der Waals surface area contributed by atoms with E-state index in [-0.39, 0.29) is 0 Å². The van der Waals surface area contributed by atoms with Gasteiger partial charge in [-0.2, -0.15) is 0 Å². The van der Waals surface area contributed by atoms with Gasteiger partial charge in [-0.1, -0.05) is 0 Å². The van der Waals surface area contributed by atoms with Gasteiger partial charge in [0.05, 0.1) is 11.9 Å². The van der Waals surface area contributed by atoms with Crippen LogP contribution in [0.2, 0.25) is 0 Å². The lowest BCUT2D eigenvalue weighted by atomic mass is 10.2. The molecule has 20 heavy (non-hydrogen) atoms. The van der Waals surface area contributed by atoms with E-state index in [1.807, 2.05) is 51.9 Å². The maximum atomic E-state index is 11.4. The third kappa shape index (κ3) is 6.26. The van der Waals surface area contributed by atoms with Crippen molar-refractivity contribution in [2.45, 2.75) is 26.4 Å². The van der Waals surface area contributed by atoms with Gasteiger partial charge in [-0.15, -0.1) is 0 Å². The molecule has 0 aromatic carbocycles. The zero-order chi connectivity index (χ0) is 15.2. The second-order valence-corrected chi connectivity index (χ2v) is 5.65. The van der Waals surface area contributed by atoms with Crippen LogP contribution in [0.3, 0.4) is 0 Å². The molecule has 1 aromatic heterocycles. The molecule has 6 nitrogen and oxygen atoms in total. The van der Waals surface area contributed by atoms with Gasteiger partial charge in [0.2, 0.25) is 0 Å². The Balaban J connectivity index is 2.26. The van der Waals surface area contributed by atoms with Crippen LogP contribution in [0.25, 0.3) is 0 Å². The molecule has 6 heteroatoms. The summed E-state index contributed by atoms with van der Waals surface area (Å²) in [6.07, 6.45) is 1.36. The molecule has 2 N–H and O–H groups in total. The second kappa shape index (κ2) is 6.98. The largest absolute Gasteiger partial charge is 0.444 e. The van der Waals surface area contributed by atoms with Gasteiger partial charge >= 0.3 is 6.09 Å². The summed E-state index contributed by atoms with van der Waals surface area (Å²) in [5.74, 6) is 0.905. The molecule has 0 saturated heterocycles. The molecule has 0 unspecified atom stereocenters. The van der Waals surface area contributed by atoms with E-state index in [0.717, 1.165) is 11.5 Å². The van der Waals surface area contributed by atoms with Crippen LogP contribution in [0.15, 0.2) is 18.3 Å². The first-order chi connectivity index (χ1) is 9.28. The SMILES string of the molecule is CN(C)c1ccc(NCCNC(=O)OC(C)(C)C)cn1. The molecule has 0 aliphatic rings. The van der Waals surface area contributed by atoms with E-state index in [0.29, 0.717) is 13.1 Å². The van der Waals surface area contributed by atoms with Crippen LogP contribution in [0.4, 0.5) is 16.3 Å². The quantitative estimate of drug-likeness (QED) is 0.808. The predicted octanol–water partition coefficient (Wildman–Crippen LogP) is 2.08. The van der Waals surface area contributed by atoms with Crippen molar-refractivity contribution in [3.8, 4) is 0 Å². The molecule has 1 aromatic rings. The van der Waals surface area contributed by atoms with Crippen molar-refractivity contribution in [2.24, 2.45) is 0 Å². The highest BCUT2D eigenvalue weighted by Crippen LogP contribution is 2.11. The smallest absolute Gasteiger partial charge is 0.407 e. The lowest BCUT2D eigenvalue weighted by Gasteiger charge is -2.19. The molecule has 1 heterocycles. The molecule has 112 valence electrons. The second-order valence-electron chi connectivity index (χ2n) is 5.65. The zero-order valence-corrected chi connectivity index (χ0v) is 12.9. The maximum Gasteiger partial charge on any atom is 0.407 e. The zero-order valence-electron chi connectivity index (χ0n) is 12.9. The molecule has 0 spiro atoms. The number of nitrogens with zero attached hydrogens (tertiary/aromatic N) is 2. The Morgan fingerprint density at radius 3 is 2.50 bits per heavy atom. The number of aromatic nitrogens is 1. The minimum Gasteiger partial charge on any atom is -0.444 e. The molecule has 0 aliphatic carbocycles. The first-order valence-electron chi connectivity index (χ1n) is 6.62. The van der Waals surface area contributed by atoms with Gasteiger partial charge in [-0.3, -0.25) is 0 Å². The molecule has 0 fully saturated rings. The lowest BCUT2D eigenvalue weighted by Crippen LogP contribution is -2.35. The van der Waals surface area contributed by atoms with Gasteiger partial charge in [-0.25, -0.2) is 9.78 Å². The Labute approximate surface area is 120 Å². The molecule has 0 atom stereocenters. The summed E-state index contributed by atoms with van der Waals surface area (Å²) in [6, 6.07) is 3.89. The van der Waals surface area contributed by atoms with Crippen molar-refractivity contribution in [1.29, 1.82) is 0 Å². The predicted molar refractivity (Wildman–Crippen MR) is 81.3 cm³/mol. The van der Waals surface area contributed by atoms with E-state index in [9.17, 15) is 4.79 Å². The topological polar surface area (TPSA) is 66.5 Å². The fraction of sp³-hybridized carbons (Fsp3) is 0.571. The van der Waals surface area contributed by atoms with Crippen LogP contribution < -0.4 is 15.5 Å². The summed E-state index contributed by atoms with van der Waals surface area (Å²) in [7, 11) is 3.89. The summed E-state index contributed by atoms with van der Waals surface area (Å²) >= 11 is 0. The monoisotopic (exact) mass is 280 g/mol. The first-order valence-corrected chi connectivity index (χ1v) is 6.62. The van der Waals surface area contributed by atoms with Crippen LogP contribution >= 0.6 is 0 Å². The summed E-state index contributed by atoms with van der Waals surface area (Å²) in [5.41, 5.74) is 0.449. The number of carbonyl (C=O) groups excluding carboxylic acids is 1. The van der Waals surface area contributed by atoms with Crippen molar-refractivity contribution in [3.05, 3.63) is 18.3 Å². The van der Waals surface area contributed by atoms with Crippen molar-refractivity contribution < 1.29 is 9.53 Å². The van der Waals surface area contributed by atoms with Crippen molar-refractivity contribution >= 4 is 17.6 Å². The lowest BCUT2D eigenvalue weighted by molar-refractivity contribution is 0.0530. The molecular formula is C14H24N4O2. The van der Waals surface area contributed by atoms with Crippen LogP contribution in [0.5, 0.6) is 0 Å². The molecule has 1 rings (SSSR count). The molecule has 1 amide bonds. The number of alkyl carbamates (subject to hydrolysis) is 1. The molecule has 0 bridgehead atoms. The number of hydrogen-bond acceptors (Lipinski definition) is 5. The summed E-state index contributed by atoms with van der Waals surface area (Å²) in [4.78, 5) is 17.6.